The van der Waals surface area contributed by atoms with Crippen LogP contribution in [0, 0.1) is 10.8 Å². The maximum Gasteiger partial charge on any atom is 0.229 e. The minimum absolute atomic E-state index is 0.0107. The van der Waals surface area contributed by atoms with Crippen LogP contribution in [-0.4, -0.2) is 28.6 Å². The number of hydrogen-bond acceptors (Lipinski definition) is 2. The molecule has 18 heavy (non-hydrogen) atoms. The number of alkyl halides is 1. The quantitative estimate of drug-likeness (QED) is 0.576. The van der Waals surface area contributed by atoms with Crippen LogP contribution in [0.4, 0.5) is 0 Å². The van der Waals surface area contributed by atoms with Crippen molar-refractivity contribution in [1.29, 1.82) is 0 Å². The number of hydrogen-bond donors (Lipinski definition) is 0. The zero-order valence-corrected chi connectivity index (χ0v) is 13.5. The number of likely N-dealkylation sites (tertiary alicyclic amines) is 1. The van der Waals surface area contributed by atoms with Gasteiger partial charge in [0.1, 0.15) is 0 Å². The van der Waals surface area contributed by atoms with Crippen molar-refractivity contribution in [2.75, 3.05) is 11.9 Å². The highest BCUT2D eigenvalue weighted by Gasteiger charge is 2.40. The monoisotopic (exact) mass is 317 g/mol. The zero-order valence-electron chi connectivity index (χ0n) is 11.9. The molecule has 0 bridgehead atoms. The summed E-state index contributed by atoms with van der Waals surface area (Å²) >= 11 is 3.53. The number of carbonyl (C=O) groups excluding carboxylic acids is 2. The van der Waals surface area contributed by atoms with Gasteiger partial charge in [-0.1, -0.05) is 43.6 Å². The molecule has 4 heteroatoms. The number of halogens is 1. The Bertz CT molecular complexity index is 306. The van der Waals surface area contributed by atoms with Crippen LogP contribution in [0.15, 0.2) is 0 Å². The second kappa shape index (κ2) is 5.72. The van der Waals surface area contributed by atoms with E-state index in [1.54, 1.807) is 0 Å². The van der Waals surface area contributed by atoms with Crippen molar-refractivity contribution < 1.29 is 9.59 Å². The van der Waals surface area contributed by atoms with Gasteiger partial charge in [0.05, 0.1) is 0 Å². The smallest absolute Gasteiger partial charge is 0.229 e. The standard InChI is InChI=1S/C14H24BrNO2/c1-5-14(6-2,9-15)10-16-11(17)7-13(3,4)8-12(16)18/h5-10H2,1-4H3. The van der Waals surface area contributed by atoms with Crippen molar-refractivity contribution in [1.82, 2.24) is 4.90 Å². The fraction of sp³-hybridized carbons (Fsp3) is 0.857. The highest BCUT2D eigenvalue weighted by molar-refractivity contribution is 9.09. The third kappa shape index (κ3) is 3.34. The molecular formula is C14H24BrNO2. The predicted molar refractivity (Wildman–Crippen MR) is 76.5 cm³/mol. The van der Waals surface area contributed by atoms with E-state index in [1.165, 1.54) is 4.90 Å². The summed E-state index contributed by atoms with van der Waals surface area (Å²) in [5.74, 6) is -0.0213. The van der Waals surface area contributed by atoms with Crippen LogP contribution in [0.5, 0.6) is 0 Å². The van der Waals surface area contributed by atoms with Gasteiger partial charge in [0.25, 0.3) is 0 Å². The first-order chi connectivity index (χ1) is 8.29. The van der Waals surface area contributed by atoms with E-state index in [-0.39, 0.29) is 22.6 Å². The molecule has 0 aromatic rings. The fourth-order valence-electron chi connectivity index (χ4n) is 2.43. The zero-order chi connectivity index (χ0) is 14.0. The van der Waals surface area contributed by atoms with Crippen molar-refractivity contribution >= 4 is 27.7 Å². The second-order valence-electron chi connectivity index (χ2n) is 6.23. The number of rotatable bonds is 5. The van der Waals surface area contributed by atoms with Gasteiger partial charge >= 0.3 is 0 Å². The summed E-state index contributed by atoms with van der Waals surface area (Å²) in [6.07, 6.45) is 2.89. The average Bonchev–Trinajstić information content (AvgIpc) is 2.28. The normalized spacial score (nSPS) is 20.4. The molecule has 0 saturated carbocycles. The number of amides is 2. The molecule has 0 N–H and O–H groups in total. The average molecular weight is 318 g/mol. The van der Waals surface area contributed by atoms with Crippen molar-refractivity contribution in [2.24, 2.45) is 10.8 Å². The van der Waals surface area contributed by atoms with E-state index < -0.39 is 0 Å². The van der Waals surface area contributed by atoms with Gasteiger partial charge in [0.2, 0.25) is 11.8 Å². The minimum Gasteiger partial charge on any atom is -0.282 e. The van der Waals surface area contributed by atoms with Gasteiger partial charge in [-0.05, 0) is 23.7 Å². The molecule has 0 atom stereocenters. The topological polar surface area (TPSA) is 37.4 Å². The molecule has 0 aliphatic carbocycles. The Balaban J connectivity index is 2.84. The predicted octanol–water partition coefficient (Wildman–Crippen LogP) is 3.36. The molecule has 1 aliphatic rings. The molecule has 1 heterocycles. The van der Waals surface area contributed by atoms with Crippen LogP contribution in [0.1, 0.15) is 53.4 Å². The lowest BCUT2D eigenvalue weighted by Gasteiger charge is -2.40. The maximum absolute atomic E-state index is 12.1. The summed E-state index contributed by atoms with van der Waals surface area (Å²) in [6, 6.07) is 0. The molecule has 0 radical (unpaired) electrons. The largest absolute Gasteiger partial charge is 0.282 e. The van der Waals surface area contributed by atoms with Crippen molar-refractivity contribution in [3.05, 3.63) is 0 Å². The number of carbonyl (C=O) groups is 2. The van der Waals surface area contributed by atoms with Crippen LogP contribution in [-0.2, 0) is 9.59 Å². The Morgan fingerprint density at radius 3 is 1.94 bits per heavy atom. The van der Waals surface area contributed by atoms with Crippen LogP contribution >= 0.6 is 15.9 Å². The van der Waals surface area contributed by atoms with E-state index in [0.717, 1.165) is 18.2 Å². The van der Waals surface area contributed by atoms with Crippen molar-refractivity contribution in [3.63, 3.8) is 0 Å². The molecule has 0 aromatic heterocycles. The van der Waals surface area contributed by atoms with E-state index >= 15 is 0 Å². The summed E-state index contributed by atoms with van der Waals surface area (Å²) in [6.45, 7) is 8.76. The van der Waals surface area contributed by atoms with Gasteiger partial charge in [-0.2, -0.15) is 0 Å². The third-order valence-electron chi connectivity index (χ3n) is 4.14. The Kier molecular flexibility index (Phi) is 4.98. The van der Waals surface area contributed by atoms with Gasteiger partial charge in [0, 0.05) is 24.7 Å². The Morgan fingerprint density at radius 2 is 1.61 bits per heavy atom. The molecule has 0 unspecified atom stereocenters. The van der Waals surface area contributed by atoms with Crippen LogP contribution in [0.3, 0.4) is 0 Å². The molecule has 104 valence electrons. The van der Waals surface area contributed by atoms with Crippen LogP contribution in [0.25, 0.3) is 0 Å². The highest BCUT2D eigenvalue weighted by Crippen LogP contribution is 2.35. The van der Waals surface area contributed by atoms with E-state index in [0.29, 0.717) is 19.4 Å². The van der Waals surface area contributed by atoms with Gasteiger partial charge in [-0.15, -0.1) is 0 Å². The number of piperidine rings is 1. The summed E-state index contributed by atoms with van der Waals surface area (Å²) in [5, 5.41) is 0.827. The third-order valence-corrected chi connectivity index (χ3v) is 5.33. The van der Waals surface area contributed by atoms with E-state index in [2.05, 4.69) is 29.8 Å². The van der Waals surface area contributed by atoms with Gasteiger partial charge in [-0.25, -0.2) is 0 Å². The van der Waals surface area contributed by atoms with Crippen LogP contribution < -0.4 is 0 Å². The summed E-state index contributed by atoms with van der Waals surface area (Å²) in [4.78, 5) is 25.8. The van der Waals surface area contributed by atoms with Gasteiger partial charge < -0.3 is 0 Å². The molecular weight excluding hydrogens is 294 g/mol. The Hall–Kier alpha value is -0.380. The fourth-order valence-corrected chi connectivity index (χ4v) is 3.40. The lowest BCUT2D eigenvalue weighted by molar-refractivity contribution is -0.154. The lowest BCUT2D eigenvalue weighted by Crippen LogP contribution is -2.50. The summed E-state index contributed by atoms with van der Waals surface area (Å²) in [7, 11) is 0. The van der Waals surface area contributed by atoms with E-state index in [9.17, 15) is 9.59 Å². The van der Waals surface area contributed by atoms with E-state index in [1.807, 2.05) is 13.8 Å². The van der Waals surface area contributed by atoms with Crippen molar-refractivity contribution in [3.8, 4) is 0 Å². The molecule has 1 aliphatic heterocycles. The summed E-state index contributed by atoms with van der Waals surface area (Å²) < 4.78 is 0. The molecule has 1 fully saturated rings. The molecule has 0 aromatic carbocycles. The lowest BCUT2D eigenvalue weighted by atomic mass is 9.79. The van der Waals surface area contributed by atoms with Gasteiger partial charge in [0.15, 0.2) is 0 Å². The highest BCUT2D eigenvalue weighted by atomic mass is 79.9. The molecule has 1 saturated heterocycles. The Labute approximate surface area is 118 Å². The van der Waals surface area contributed by atoms with Crippen LogP contribution in [0.2, 0.25) is 0 Å². The SMILES string of the molecule is CCC(CC)(CBr)CN1C(=O)CC(C)(C)CC1=O. The number of nitrogens with zero attached hydrogens (tertiary/aromatic N) is 1. The summed E-state index contributed by atoms with van der Waals surface area (Å²) in [5.41, 5.74) is -0.160. The van der Waals surface area contributed by atoms with Gasteiger partial charge in [-0.3, -0.25) is 14.5 Å². The molecule has 1 rings (SSSR count). The second-order valence-corrected chi connectivity index (χ2v) is 6.79. The molecule has 2 amide bonds. The first kappa shape index (κ1) is 15.7. The maximum atomic E-state index is 12.1. The Morgan fingerprint density at radius 1 is 1.17 bits per heavy atom. The molecule has 3 nitrogen and oxygen atoms in total. The first-order valence-corrected chi connectivity index (χ1v) is 7.80. The first-order valence-electron chi connectivity index (χ1n) is 6.68. The minimum atomic E-state index is -0.180. The van der Waals surface area contributed by atoms with E-state index in [4.69, 9.17) is 0 Å². The van der Waals surface area contributed by atoms with Crippen molar-refractivity contribution in [2.45, 2.75) is 53.4 Å². The number of imide groups is 1. The molecule has 0 spiro atoms.